The number of rotatable bonds is 6. The summed E-state index contributed by atoms with van der Waals surface area (Å²) in [6.07, 6.45) is 6.11. The zero-order valence-corrected chi connectivity index (χ0v) is 18.6. The number of piperidine rings is 1. The first-order chi connectivity index (χ1) is 15.6. The number of carbonyl (C=O) groups is 2. The predicted octanol–water partition coefficient (Wildman–Crippen LogP) is 3.91. The third-order valence-electron chi connectivity index (χ3n) is 6.91. The summed E-state index contributed by atoms with van der Waals surface area (Å²) >= 11 is 0. The van der Waals surface area contributed by atoms with Crippen molar-refractivity contribution < 1.29 is 9.59 Å². The van der Waals surface area contributed by atoms with Gasteiger partial charge >= 0.3 is 6.03 Å². The minimum absolute atomic E-state index is 0.0726. The van der Waals surface area contributed by atoms with Crippen LogP contribution in [0.5, 0.6) is 0 Å². The van der Waals surface area contributed by atoms with Gasteiger partial charge in [0.25, 0.3) is 0 Å². The Morgan fingerprint density at radius 3 is 2.34 bits per heavy atom. The molecule has 32 heavy (non-hydrogen) atoms. The second-order valence-electron chi connectivity index (χ2n) is 9.14. The largest absolute Gasteiger partial charge is 0.371 e. The molecule has 6 nitrogen and oxygen atoms in total. The highest BCUT2D eigenvalue weighted by Gasteiger charge is 2.25. The number of anilines is 1. The molecule has 1 aliphatic heterocycles. The minimum atomic E-state index is -0.213. The molecule has 2 fully saturated rings. The van der Waals surface area contributed by atoms with E-state index in [1.165, 1.54) is 5.56 Å². The maximum absolute atomic E-state index is 12.4. The molecule has 4 N–H and O–H groups in total. The number of hydrogen-bond donors (Lipinski definition) is 3. The average molecular weight is 435 g/mol. The Kier molecular flexibility index (Phi) is 7.30. The molecule has 1 saturated carbocycles. The molecule has 0 spiro atoms. The van der Waals surface area contributed by atoms with E-state index in [0.717, 1.165) is 56.3 Å². The van der Waals surface area contributed by atoms with Gasteiger partial charge in [0.05, 0.1) is 5.92 Å². The number of benzene rings is 2. The second-order valence-corrected chi connectivity index (χ2v) is 9.14. The van der Waals surface area contributed by atoms with E-state index in [-0.39, 0.29) is 23.9 Å². The Labute approximate surface area is 190 Å². The van der Waals surface area contributed by atoms with Gasteiger partial charge in [0.15, 0.2) is 0 Å². The summed E-state index contributed by atoms with van der Waals surface area (Å²) in [6, 6.07) is 19.0. The van der Waals surface area contributed by atoms with E-state index in [1.54, 1.807) is 0 Å². The van der Waals surface area contributed by atoms with Crippen molar-refractivity contribution in [3.8, 4) is 0 Å². The van der Waals surface area contributed by atoms with Crippen LogP contribution in [0.25, 0.3) is 0 Å². The first-order valence-electron chi connectivity index (χ1n) is 11.8. The SMILES string of the molecule is NC(=O)[C@@H]1CCCN(c2ccc(CNC(=O)NC3CCC(c4ccccc4)CC3)cc2)C1. The number of amides is 3. The topological polar surface area (TPSA) is 87.5 Å². The zero-order chi connectivity index (χ0) is 22.3. The second kappa shape index (κ2) is 10.5. The van der Waals surface area contributed by atoms with Gasteiger partial charge in [-0.05, 0) is 67.7 Å². The van der Waals surface area contributed by atoms with Gasteiger partial charge in [0, 0.05) is 31.4 Å². The Balaban J connectivity index is 1.20. The molecule has 0 radical (unpaired) electrons. The molecule has 4 rings (SSSR count). The molecular weight excluding hydrogens is 400 g/mol. The fourth-order valence-corrected chi connectivity index (χ4v) is 4.98. The third kappa shape index (κ3) is 5.81. The van der Waals surface area contributed by atoms with Crippen molar-refractivity contribution in [2.24, 2.45) is 11.7 Å². The number of primary amides is 1. The van der Waals surface area contributed by atoms with Crippen LogP contribution >= 0.6 is 0 Å². The smallest absolute Gasteiger partial charge is 0.315 e. The maximum atomic E-state index is 12.4. The molecule has 2 aromatic carbocycles. The lowest BCUT2D eigenvalue weighted by Gasteiger charge is -2.33. The number of nitrogens with zero attached hydrogens (tertiary/aromatic N) is 1. The highest BCUT2D eigenvalue weighted by molar-refractivity contribution is 5.77. The van der Waals surface area contributed by atoms with E-state index in [1.807, 2.05) is 12.1 Å². The van der Waals surface area contributed by atoms with E-state index in [2.05, 4.69) is 58.0 Å². The highest BCUT2D eigenvalue weighted by atomic mass is 16.2. The summed E-state index contributed by atoms with van der Waals surface area (Å²) in [7, 11) is 0. The van der Waals surface area contributed by atoms with Gasteiger partial charge in [-0.1, -0.05) is 42.5 Å². The first-order valence-corrected chi connectivity index (χ1v) is 11.8. The van der Waals surface area contributed by atoms with E-state index >= 15 is 0 Å². The van der Waals surface area contributed by atoms with E-state index in [0.29, 0.717) is 19.0 Å². The zero-order valence-electron chi connectivity index (χ0n) is 18.6. The van der Waals surface area contributed by atoms with Crippen LogP contribution in [-0.2, 0) is 11.3 Å². The lowest BCUT2D eigenvalue weighted by atomic mass is 9.82. The van der Waals surface area contributed by atoms with Crippen molar-refractivity contribution in [2.75, 3.05) is 18.0 Å². The van der Waals surface area contributed by atoms with Crippen molar-refractivity contribution in [1.29, 1.82) is 0 Å². The van der Waals surface area contributed by atoms with Crippen LogP contribution in [-0.4, -0.2) is 31.1 Å². The monoisotopic (exact) mass is 434 g/mol. The maximum Gasteiger partial charge on any atom is 0.315 e. The van der Waals surface area contributed by atoms with Gasteiger partial charge in [-0.25, -0.2) is 4.79 Å². The quantitative estimate of drug-likeness (QED) is 0.644. The number of urea groups is 1. The molecular formula is C26H34N4O2. The van der Waals surface area contributed by atoms with Gasteiger partial charge in [-0.2, -0.15) is 0 Å². The fourth-order valence-electron chi connectivity index (χ4n) is 4.98. The van der Waals surface area contributed by atoms with E-state index < -0.39 is 0 Å². The van der Waals surface area contributed by atoms with Crippen molar-refractivity contribution in [2.45, 2.75) is 57.0 Å². The van der Waals surface area contributed by atoms with Gasteiger partial charge in [-0.15, -0.1) is 0 Å². The highest BCUT2D eigenvalue weighted by Crippen LogP contribution is 2.32. The van der Waals surface area contributed by atoms with Crippen LogP contribution in [0.15, 0.2) is 54.6 Å². The summed E-state index contributed by atoms with van der Waals surface area (Å²) in [4.78, 5) is 26.1. The summed E-state index contributed by atoms with van der Waals surface area (Å²) in [5.74, 6) is 0.320. The Morgan fingerprint density at radius 1 is 0.938 bits per heavy atom. The van der Waals surface area contributed by atoms with Crippen LogP contribution in [0, 0.1) is 5.92 Å². The molecule has 1 aliphatic carbocycles. The molecule has 2 aromatic rings. The lowest BCUT2D eigenvalue weighted by Crippen LogP contribution is -2.43. The van der Waals surface area contributed by atoms with Crippen molar-refractivity contribution in [3.63, 3.8) is 0 Å². The fraction of sp³-hybridized carbons (Fsp3) is 0.462. The Hall–Kier alpha value is -3.02. The lowest BCUT2D eigenvalue weighted by molar-refractivity contribution is -0.122. The molecule has 1 atom stereocenters. The van der Waals surface area contributed by atoms with Crippen LogP contribution in [0.2, 0.25) is 0 Å². The predicted molar refractivity (Wildman–Crippen MR) is 127 cm³/mol. The normalized spacial score (nSPS) is 23.4. The number of carbonyl (C=O) groups excluding carboxylic acids is 2. The summed E-state index contributed by atoms with van der Waals surface area (Å²) in [5, 5.41) is 6.12. The number of hydrogen-bond acceptors (Lipinski definition) is 3. The molecule has 2 aliphatic rings. The Morgan fingerprint density at radius 2 is 1.66 bits per heavy atom. The van der Waals surface area contributed by atoms with Gasteiger partial charge < -0.3 is 21.3 Å². The average Bonchev–Trinajstić information content (AvgIpc) is 2.84. The van der Waals surface area contributed by atoms with Crippen molar-refractivity contribution >= 4 is 17.6 Å². The molecule has 0 bridgehead atoms. The summed E-state index contributed by atoms with van der Waals surface area (Å²) < 4.78 is 0. The van der Waals surface area contributed by atoms with Crippen LogP contribution in [0.1, 0.15) is 55.6 Å². The number of nitrogens with two attached hydrogens (primary N) is 1. The van der Waals surface area contributed by atoms with Crippen LogP contribution < -0.4 is 21.3 Å². The van der Waals surface area contributed by atoms with Gasteiger partial charge in [-0.3, -0.25) is 4.79 Å². The van der Waals surface area contributed by atoms with Gasteiger partial charge in [0.2, 0.25) is 5.91 Å². The van der Waals surface area contributed by atoms with E-state index in [4.69, 9.17) is 5.73 Å². The molecule has 0 aromatic heterocycles. The molecule has 1 heterocycles. The van der Waals surface area contributed by atoms with Gasteiger partial charge in [0.1, 0.15) is 0 Å². The molecule has 170 valence electrons. The van der Waals surface area contributed by atoms with Crippen molar-refractivity contribution in [1.82, 2.24) is 10.6 Å². The molecule has 6 heteroatoms. The number of nitrogens with one attached hydrogen (secondary N) is 2. The third-order valence-corrected chi connectivity index (χ3v) is 6.91. The molecule has 3 amide bonds. The van der Waals surface area contributed by atoms with Crippen LogP contribution in [0.3, 0.4) is 0 Å². The van der Waals surface area contributed by atoms with E-state index in [9.17, 15) is 9.59 Å². The van der Waals surface area contributed by atoms with Crippen LogP contribution in [0.4, 0.5) is 10.5 Å². The minimum Gasteiger partial charge on any atom is -0.371 e. The first kappa shape index (κ1) is 22.2. The molecule has 1 saturated heterocycles. The Bertz CT molecular complexity index is 892. The molecule has 0 unspecified atom stereocenters. The summed E-state index contributed by atoms with van der Waals surface area (Å²) in [6.45, 7) is 2.12. The van der Waals surface area contributed by atoms with Crippen molar-refractivity contribution in [3.05, 3.63) is 65.7 Å². The summed E-state index contributed by atoms with van der Waals surface area (Å²) in [5.41, 5.74) is 9.05. The standard InChI is InChI=1S/C26H34N4O2/c27-25(31)22-7-4-16-30(18-22)24-14-8-19(9-15-24)17-28-26(32)29-23-12-10-21(11-13-23)20-5-2-1-3-6-20/h1-3,5-6,8-9,14-15,21-23H,4,7,10-13,16-18H2,(H2,27,31)(H2,28,29,32)/t21?,22-,23?/m1/s1.